The van der Waals surface area contributed by atoms with Gasteiger partial charge >= 0.3 is 0 Å². The summed E-state index contributed by atoms with van der Waals surface area (Å²) in [6.45, 7) is 4.69. The molecule has 0 bridgehead atoms. The van der Waals surface area contributed by atoms with Crippen LogP contribution in [0.4, 0.5) is 5.13 Å². The number of aromatic nitrogens is 1. The summed E-state index contributed by atoms with van der Waals surface area (Å²) in [5.74, 6) is 0.135. The highest BCUT2D eigenvalue weighted by Gasteiger charge is 2.16. The first kappa shape index (κ1) is 13.7. The van der Waals surface area contributed by atoms with Crippen LogP contribution in [0, 0.1) is 0 Å². The zero-order valence-corrected chi connectivity index (χ0v) is 12.1. The first-order chi connectivity index (χ1) is 9.26. The minimum atomic E-state index is 0.135. The fraction of sp³-hybridized carbons (Fsp3) is 0.333. The van der Waals surface area contributed by atoms with Crippen LogP contribution in [-0.2, 0) is 4.79 Å². The van der Waals surface area contributed by atoms with Gasteiger partial charge in [0, 0.05) is 23.9 Å². The minimum Gasteiger partial charge on any atom is -0.288 e. The van der Waals surface area contributed by atoms with Crippen molar-refractivity contribution >= 4 is 22.4 Å². The van der Waals surface area contributed by atoms with Gasteiger partial charge in [-0.3, -0.25) is 9.69 Å². The summed E-state index contributed by atoms with van der Waals surface area (Å²) in [6.07, 6.45) is 1.45. The van der Waals surface area contributed by atoms with Crippen molar-refractivity contribution in [1.29, 1.82) is 0 Å². The molecular weight excluding hydrogens is 256 g/mol. The van der Waals surface area contributed by atoms with Crippen molar-refractivity contribution in [3.8, 4) is 11.3 Å². The van der Waals surface area contributed by atoms with Crippen molar-refractivity contribution in [2.75, 3.05) is 11.4 Å². The van der Waals surface area contributed by atoms with Crippen molar-refractivity contribution in [1.82, 2.24) is 4.98 Å². The molecule has 0 saturated carbocycles. The lowest BCUT2D eigenvalue weighted by Crippen LogP contribution is -2.30. The van der Waals surface area contributed by atoms with E-state index in [-0.39, 0.29) is 5.91 Å². The maximum Gasteiger partial charge on any atom is 0.228 e. The highest BCUT2D eigenvalue weighted by atomic mass is 32.1. The van der Waals surface area contributed by atoms with Gasteiger partial charge < -0.3 is 0 Å². The van der Waals surface area contributed by atoms with Crippen LogP contribution < -0.4 is 4.90 Å². The molecule has 0 fully saturated rings. The first-order valence-electron chi connectivity index (χ1n) is 6.57. The van der Waals surface area contributed by atoms with Gasteiger partial charge in [-0.15, -0.1) is 11.3 Å². The van der Waals surface area contributed by atoms with E-state index in [2.05, 4.69) is 11.9 Å². The highest BCUT2D eigenvalue weighted by molar-refractivity contribution is 7.14. The molecule has 0 aliphatic rings. The maximum atomic E-state index is 11.9. The van der Waals surface area contributed by atoms with E-state index >= 15 is 0 Å². The number of nitrogens with zero attached hydrogens (tertiary/aromatic N) is 2. The molecule has 100 valence electrons. The Bertz CT molecular complexity index is 536. The Kier molecular flexibility index (Phi) is 4.68. The van der Waals surface area contributed by atoms with Crippen molar-refractivity contribution in [2.45, 2.75) is 26.7 Å². The third kappa shape index (κ3) is 3.20. The quantitative estimate of drug-likeness (QED) is 0.826. The lowest BCUT2D eigenvalue weighted by atomic mass is 10.2. The summed E-state index contributed by atoms with van der Waals surface area (Å²) in [4.78, 5) is 18.3. The Labute approximate surface area is 117 Å². The molecule has 0 spiro atoms. The summed E-state index contributed by atoms with van der Waals surface area (Å²) >= 11 is 1.53. The Morgan fingerprint density at radius 1 is 1.26 bits per heavy atom. The monoisotopic (exact) mass is 274 g/mol. The van der Waals surface area contributed by atoms with Gasteiger partial charge in [0.05, 0.1) is 5.69 Å². The van der Waals surface area contributed by atoms with Crippen LogP contribution in [0.3, 0.4) is 0 Å². The van der Waals surface area contributed by atoms with Gasteiger partial charge in [0.15, 0.2) is 5.13 Å². The van der Waals surface area contributed by atoms with E-state index in [9.17, 15) is 4.79 Å². The summed E-state index contributed by atoms with van der Waals surface area (Å²) in [5, 5.41) is 2.81. The van der Waals surface area contributed by atoms with E-state index in [0.717, 1.165) is 29.4 Å². The predicted molar refractivity (Wildman–Crippen MR) is 80.5 cm³/mol. The fourth-order valence-corrected chi connectivity index (χ4v) is 2.75. The second kappa shape index (κ2) is 6.48. The standard InChI is InChI=1S/C15H18N2OS/c1-3-10-17(14(18)4-2)15-16-13(11-19-15)12-8-6-5-7-9-12/h5-9,11H,3-4,10H2,1-2H3. The molecule has 2 aromatic rings. The van der Waals surface area contributed by atoms with Crippen molar-refractivity contribution in [3.05, 3.63) is 35.7 Å². The second-order valence-electron chi connectivity index (χ2n) is 4.28. The molecule has 0 aliphatic carbocycles. The second-order valence-corrected chi connectivity index (χ2v) is 5.12. The number of rotatable bonds is 5. The maximum absolute atomic E-state index is 11.9. The molecule has 0 aliphatic heterocycles. The molecule has 19 heavy (non-hydrogen) atoms. The van der Waals surface area contributed by atoms with Gasteiger partial charge in [-0.25, -0.2) is 4.98 Å². The third-order valence-corrected chi connectivity index (χ3v) is 3.71. The number of hydrogen-bond donors (Lipinski definition) is 0. The lowest BCUT2D eigenvalue weighted by Gasteiger charge is -2.17. The van der Waals surface area contributed by atoms with Crippen molar-refractivity contribution < 1.29 is 4.79 Å². The highest BCUT2D eigenvalue weighted by Crippen LogP contribution is 2.27. The predicted octanol–water partition coefficient (Wildman–Crippen LogP) is 3.96. The number of anilines is 1. The van der Waals surface area contributed by atoms with Crippen LogP contribution in [0.1, 0.15) is 26.7 Å². The summed E-state index contributed by atoms with van der Waals surface area (Å²) < 4.78 is 0. The molecule has 0 unspecified atom stereocenters. The average Bonchev–Trinajstić information content (AvgIpc) is 2.94. The van der Waals surface area contributed by atoms with Crippen molar-refractivity contribution in [2.24, 2.45) is 0 Å². The molecule has 1 heterocycles. The SMILES string of the molecule is CCCN(C(=O)CC)c1nc(-c2ccccc2)cs1. The molecule has 0 atom stereocenters. The molecule has 0 N–H and O–H groups in total. The van der Waals surface area contributed by atoms with E-state index in [1.54, 1.807) is 4.90 Å². The van der Waals surface area contributed by atoms with Crippen LogP contribution in [0.2, 0.25) is 0 Å². The summed E-state index contributed by atoms with van der Waals surface area (Å²) in [6, 6.07) is 10.0. The Morgan fingerprint density at radius 2 is 2.00 bits per heavy atom. The zero-order chi connectivity index (χ0) is 13.7. The van der Waals surface area contributed by atoms with Gasteiger partial charge in [0.2, 0.25) is 5.91 Å². The number of carbonyl (C=O) groups is 1. The van der Waals surface area contributed by atoms with Gasteiger partial charge in [-0.2, -0.15) is 0 Å². The Morgan fingerprint density at radius 3 is 2.63 bits per heavy atom. The van der Waals surface area contributed by atoms with Crippen LogP contribution >= 0.6 is 11.3 Å². The van der Waals surface area contributed by atoms with Crippen LogP contribution in [0.5, 0.6) is 0 Å². The van der Waals surface area contributed by atoms with Crippen LogP contribution in [0.25, 0.3) is 11.3 Å². The van der Waals surface area contributed by atoms with Crippen molar-refractivity contribution in [3.63, 3.8) is 0 Å². The Hall–Kier alpha value is -1.68. The van der Waals surface area contributed by atoms with E-state index in [0.29, 0.717) is 6.42 Å². The van der Waals surface area contributed by atoms with Gasteiger partial charge in [0.25, 0.3) is 0 Å². The minimum absolute atomic E-state index is 0.135. The topological polar surface area (TPSA) is 33.2 Å². The first-order valence-corrected chi connectivity index (χ1v) is 7.45. The normalized spacial score (nSPS) is 10.4. The lowest BCUT2D eigenvalue weighted by molar-refractivity contribution is -0.118. The molecular formula is C15H18N2OS. The number of benzene rings is 1. The van der Waals surface area contributed by atoms with E-state index in [4.69, 9.17) is 0 Å². The Balaban J connectivity index is 2.26. The summed E-state index contributed by atoms with van der Waals surface area (Å²) in [5.41, 5.74) is 2.02. The van der Waals surface area contributed by atoms with Gasteiger partial charge in [-0.05, 0) is 6.42 Å². The smallest absolute Gasteiger partial charge is 0.228 e. The molecule has 1 aromatic heterocycles. The van der Waals surface area contributed by atoms with Crippen LogP contribution in [0.15, 0.2) is 35.7 Å². The number of carbonyl (C=O) groups excluding carboxylic acids is 1. The number of thiazole rings is 1. The van der Waals surface area contributed by atoms with Crippen LogP contribution in [-0.4, -0.2) is 17.4 Å². The molecule has 0 radical (unpaired) electrons. The molecule has 4 heteroatoms. The molecule has 2 rings (SSSR count). The van der Waals surface area contributed by atoms with Gasteiger partial charge in [0.1, 0.15) is 0 Å². The fourth-order valence-electron chi connectivity index (χ4n) is 1.87. The number of hydrogen-bond acceptors (Lipinski definition) is 3. The van der Waals surface area contributed by atoms with E-state index in [1.807, 2.05) is 42.6 Å². The summed E-state index contributed by atoms with van der Waals surface area (Å²) in [7, 11) is 0. The molecule has 1 aromatic carbocycles. The zero-order valence-electron chi connectivity index (χ0n) is 11.3. The van der Waals surface area contributed by atoms with E-state index in [1.165, 1.54) is 11.3 Å². The van der Waals surface area contributed by atoms with E-state index < -0.39 is 0 Å². The largest absolute Gasteiger partial charge is 0.288 e. The average molecular weight is 274 g/mol. The third-order valence-electron chi connectivity index (χ3n) is 2.84. The molecule has 1 amide bonds. The molecule has 0 saturated heterocycles. The number of amides is 1. The van der Waals surface area contributed by atoms with Gasteiger partial charge in [-0.1, -0.05) is 44.2 Å². The molecule has 3 nitrogen and oxygen atoms in total.